The Hall–Kier alpha value is -3.03. The van der Waals surface area contributed by atoms with Gasteiger partial charge in [-0.1, -0.05) is 29.4 Å². The fraction of sp³-hybridized carbons (Fsp3) is 0.200. The maximum Gasteiger partial charge on any atom is 0.255 e. The first kappa shape index (κ1) is 16.3. The number of rotatable bonds is 6. The van der Waals surface area contributed by atoms with Gasteiger partial charge in [-0.3, -0.25) is 4.79 Å². The summed E-state index contributed by atoms with van der Waals surface area (Å²) < 4.78 is 12.9. The lowest BCUT2D eigenvalue weighted by atomic mass is 10.1. The molecule has 1 amide bonds. The number of carbonyl (C=O) groups is 1. The fourth-order valence-corrected chi connectivity index (χ4v) is 1.76. The lowest BCUT2D eigenvalue weighted by Crippen LogP contribution is -2.33. The molecule has 8 heteroatoms. The van der Waals surface area contributed by atoms with Crippen molar-refractivity contribution in [3.8, 4) is 0 Å². The molecule has 0 aliphatic heterocycles. The maximum absolute atomic E-state index is 12.9. The molecule has 0 saturated heterocycles. The van der Waals surface area contributed by atoms with E-state index in [0.717, 1.165) is 0 Å². The lowest BCUT2D eigenvalue weighted by molar-refractivity contribution is -0.117. The molecule has 0 bridgehead atoms. The van der Waals surface area contributed by atoms with E-state index >= 15 is 0 Å². The number of nitrogens with zero attached hydrogens (tertiary/aromatic N) is 4. The van der Waals surface area contributed by atoms with Gasteiger partial charge >= 0.3 is 0 Å². The van der Waals surface area contributed by atoms with Crippen LogP contribution < -0.4 is 5.32 Å². The quantitative estimate of drug-likeness (QED) is 0.502. The average molecular weight is 315 g/mol. The summed E-state index contributed by atoms with van der Waals surface area (Å²) in [6.07, 6.45) is 0. The predicted octanol–water partition coefficient (Wildman–Crippen LogP) is 3.47. The van der Waals surface area contributed by atoms with Gasteiger partial charge < -0.3 is 5.32 Å². The van der Waals surface area contributed by atoms with E-state index in [-0.39, 0.29) is 5.82 Å². The Labute approximate surface area is 131 Å². The first-order valence-electron chi connectivity index (χ1n) is 6.82. The standard InChI is InChI=1S/C15H14FN5O2/c1-10(19-20-13-9-5-8-12(16)18-13)14(21-23)15(22)17-11-6-3-2-4-7-11/h2-10,14H,1H3,(H,17,22). The van der Waals surface area contributed by atoms with Crippen molar-refractivity contribution in [1.29, 1.82) is 0 Å². The lowest BCUT2D eigenvalue weighted by Gasteiger charge is -2.12. The highest BCUT2D eigenvalue weighted by molar-refractivity contribution is 5.95. The van der Waals surface area contributed by atoms with Crippen molar-refractivity contribution >= 4 is 17.4 Å². The van der Waals surface area contributed by atoms with Crippen LogP contribution in [0.2, 0.25) is 0 Å². The van der Waals surface area contributed by atoms with Gasteiger partial charge in [-0.2, -0.15) is 14.5 Å². The van der Waals surface area contributed by atoms with Gasteiger partial charge in [0.05, 0.1) is 0 Å². The van der Waals surface area contributed by atoms with Crippen LogP contribution in [0.15, 0.2) is 63.9 Å². The molecule has 23 heavy (non-hydrogen) atoms. The zero-order valence-electron chi connectivity index (χ0n) is 12.3. The van der Waals surface area contributed by atoms with Crippen molar-refractivity contribution in [2.75, 3.05) is 5.32 Å². The Morgan fingerprint density at radius 1 is 1.17 bits per heavy atom. The van der Waals surface area contributed by atoms with Gasteiger partial charge in [-0.05, 0) is 31.2 Å². The minimum atomic E-state index is -1.26. The van der Waals surface area contributed by atoms with E-state index in [1.807, 2.05) is 0 Å². The number of nitroso groups, excluding NO2 is 1. The number of benzene rings is 1. The summed E-state index contributed by atoms with van der Waals surface area (Å²) in [6, 6.07) is 10.6. The number of pyridine rings is 1. The van der Waals surface area contributed by atoms with Crippen LogP contribution in [0.5, 0.6) is 0 Å². The smallest absolute Gasteiger partial charge is 0.255 e. The van der Waals surface area contributed by atoms with Crippen LogP contribution in [0, 0.1) is 10.9 Å². The number of azo groups is 1. The summed E-state index contributed by atoms with van der Waals surface area (Å²) in [5, 5.41) is 12.9. The Balaban J connectivity index is 2.04. The molecular formula is C15H14FN5O2. The zero-order chi connectivity index (χ0) is 16.7. The van der Waals surface area contributed by atoms with E-state index in [1.54, 1.807) is 30.3 Å². The molecular weight excluding hydrogens is 301 g/mol. The fourth-order valence-electron chi connectivity index (χ4n) is 1.76. The first-order valence-corrected chi connectivity index (χ1v) is 6.82. The minimum Gasteiger partial charge on any atom is -0.324 e. The first-order chi connectivity index (χ1) is 11.1. The molecule has 1 N–H and O–H groups in total. The van der Waals surface area contributed by atoms with Crippen molar-refractivity contribution in [3.63, 3.8) is 0 Å². The molecule has 2 rings (SSSR count). The summed E-state index contributed by atoms with van der Waals surface area (Å²) in [6.45, 7) is 1.51. The summed E-state index contributed by atoms with van der Waals surface area (Å²) >= 11 is 0. The normalized spacial score (nSPS) is 13.5. The molecule has 2 unspecified atom stereocenters. The molecule has 2 aromatic rings. The molecule has 0 aliphatic rings. The molecule has 118 valence electrons. The third kappa shape index (κ3) is 4.73. The highest BCUT2D eigenvalue weighted by atomic mass is 19.1. The van der Waals surface area contributed by atoms with Crippen LogP contribution in [0.25, 0.3) is 0 Å². The van der Waals surface area contributed by atoms with Crippen LogP contribution in [0.3, 0.4) is 0 Å². The number of nitrogens with one attached hydrogen (secondary N) is 1. The number of anilines is 1. The van der Waals surface area contributed by atoms with Crippen LogP contribution in [0.1, 0.15) is 6.92 Å². The van der Waals surface area contributed by atoms with Gasteiger partial charge in [0.15, 0.2) is 11.9 Å². The summed E-state index contributed by atoms with van der Waals surface area (Å²) in [7, 11) is 0. The molecule has 0 radical (unpaired) electrons. The second-order valence-electron chi connectivity index (χ2n) is 4.68. The van der Waals surface area contributed by atoms with E-state index < -0.39 is 23.9 Å². The Kier molecular flexibility index (Phi) is 5.56. The zero-order valence-corrected chi connectivity index (χ0v) is 12.3. The van der Waals surface area contributed by atoms with Crippen LogP contribution in [0.4, 0.5) is 15.9 Å². The summed E-state index contributed by atoms with van der Waals surface area (Å²) in [5.41, 5.74) is 0.544. The molecule has 2 atom stereocenters. The monoisotopic (exact) mass is 315 g/mol. The molecule has 1 heterocycles. The summed E-state index contributed by atoms with van der Waals surface area (Å²) in [5.74, 6) is -1.24. The number of para-hydroxylation sites is 1. The molecule has 0 aliphatic carbocycles. The molecule has 1 aromatic heterocycles. The SMILES string of the molecule is CC(N=Nc1cccc(F)n1)C(N=O)C(=O)Nc1ccccc1. The Morgan fingerprint density at radius 3 is 2.57 bits per heavy atom. The van der Waals surface area contributed by atoms with Crippen molar-refractivity contribution in [2.24, 2.45) is 15.4 Å². The second kappa shape index (κ2) is 7.83. The molecule has 0 spiro atoms. The van der Waals surface area contributed by atoms with E-state index in [2.05, 4.69) is 25.7 Å². The summed E-state index contributed by atoms with van der Waals surface area (Å²) in [4.78, 5) is 26.5. The van der Waals surface area contributed by atoms with Crippen molar-refractivity contribution < 1.29 is 9.18 Å². The number of hydrogen-bond donors (Lipinski definition) is 1. The van der Waals surface area contributed by atoms with E-state index in [9.17, 15) is 14.1 Å². The van der Waals surface area contributed by atoms with Crippen molar-refractivity contribution in [2.45, 2.75) is 19.0 Å². The van der Waals surface area contributed by atoms with Crippen LogP contribution >= 0.6 is 0 Å². The number of aromatic nitrogens is 1. The number of carbonyl (C=O) groups excluding carboxylic acids is 1. The highest BCUT2D eigenvalue weighted by Crippen LogP contribution is 2.13. The van der Waals surface area contributed by atoms with E-state index in [4.69, 9.17) is 0 Å². The molecule has 1 aromatic carbocycles. The van der Waals surface area contributed by atoms with E-state index in [1.165, 1.54) is 25.1 Å². The van der Waals surface area contributed by atoms with Crippen molar-refractivity contribution in [3.05, 3.63) is 59.4 Å². The second-order valence-corrected chi connectivity index (χ2v) is 4.68. The number of hydrogen-bond acceptors (Lipinski definition) is 6. The van der Waals surface area contributed by atoms with Gasteiger partial charge in [-0.15, -0.1) is 10.0 Å². The van der Waals surface area contributed by atoms with Gasteiger partial charge in [-0.25, -0.2) is 0 Å². The molecule has 0 saturated carbocycles. The third-order valence-corrected chi connectivity index (χ3v) is 2.92. The molecule has 0 fully saturated rings. The predicted molar refractivity (Wildman–Crippen MR) is 82.8 cm³/mol. The minimum absolute atomic E-state index is 0.0463. The molecule has 7 nitrogen and oxygen atoms in total. The largest absolute Gasteiger partial charge is 0.324 e. The third-order valence-electron chi connectivity index (χ3n) is 2.92. The Bertz CT molecular complexity index is 708. The maximum atomic E-state index is 12.9. The average Bonchev–Trinajstić information content (AvgIpc) is 2.54. The van der Waals surface area contributed by atoms with Gasteiger partial charge in [0.25, 0.3) is 5.91 Å². The number of halogens is 1. The van der Waals surface area contributed by atoms with Gasteiger partial charge in [0, 0.05) is 5.69 Å². The number of amides is 1. The highest BCUT2D eigenvalue weighted by Gasteiger charge is 2.26. The van der Waals surface area contributed by atoms with Gasteiger partial charge in [0.1, 0.15) is 6.04 Å². The van der Waals surface area contributed by atoms with Crippen LogP contribution in [-0.4, -0.2) is 23.0 Å². The van der Waals surface area contributed by atoms with Crippen LogP contribution in [-0.2, 0) is 4.79 Å². The Morgan fingerprint density at radius 2 is 1.91 bits per heavy atom. The topological polar surface area (TPSA) is 96.1 Å². The van der Waals surface area contributed by atoms with E-state index in [0.29, 0.717) is 5.69 Å². The van der Waals surface area contributed by atoms with Crippen molar-refractivity contribution in [1.82, 2.24) is 4.98 Å². The van der Waals surface area contributed by atoms with Gasteiger partial charge in [0.2, 0.25) is 5.95 Å².